The first-order valence-corrected chi connectivity index (χ1v) is 11.5. The van der Waals surface area contributed by atoms with Crippen molar-refractivity contribution >= 4 is 28.7 Å². The molecular formula is C25H26N4O2S. The highest BCUT2D eigenvalue weighted by molar-refractivity contribution is 7.12. The van der Waals surface area contributed by atoms with Crippen LogP contribution in [0.2, 0.25) is 0 Å². The molecular weight excluding hydrogens is 420 g/mol. The number of nitrogens with one attached hydrogen (secondary N) is 3. The van der Waals surface area contributed by atoms with Gasteiger partial charge in [0.15, 0.2) is 0 Å². The number of aryl methyl sites for hydroxylation is 1. The summed E-state index contributed by atoms with van der Waals surface area (Å²) in [7, 11) is 0. The van der Waals surface area contributed by atoms with Crippen molar-refractivity contribution in [2.75, 3.05) is 23.7 Å². The standard InChI is InChI=1S/C25H26N4O2S/c1-16-19(13-23(30)31)12-20(32-16)10-11-27-24(17-6-3-2-4-7-17)22-15-28-21-9-5-8-18(14-26)25(21)29-22/h2-9,12,22,24,27-29H,10-11,13,15H2,1H3,(H,30,31)/t22-,24-/m1/s1. The minimum Gasteiger partial charge on any atom is -0.481 e. The van der Waals surface area contributed by atoms with Gasteiger partial charge < -0.3 is 21.1 Å². The number of fused-ring (bicyclic) bond motifs is 1. The minimum atomic E-state index is -0.799. The van der Waals surface area contributed by atoms with E-state index in [2.05, 4.69) is 34.2 Å². The zero-order valence-electron chi connectivity index (χ0n) is 17.9. The van der Waals surface area contributed by atoms with Gasteiger partial charge in [-0.2, -0.15) is 5.26 Å². The van der Waals surface area contributed by atoms with E-state index in [-0.39, 0.29) is 18.5 Å². The van der Waals surface area contributed by atoms with Crippen LogP contribution in [-0.4, -0.2) is 30.2 Å². The molecule has 0 amide bonds. The quantitative estimate of drug-likeness (QED) is 0.411. The molecule has 0 saturated carbocycles. The maximum atomic E-state index is 11.1. The molecule has 1 aliphatic heterocycles. The number of carbonyl (C=O) groups is 1. The van der Waals surface area contributed by atoms with E-state index in [4.69, 9.17) is 5.11 Å². The highest BCUT2D eigenvalue weighted by Crippen LogP contribution is 2.33. The number of carboxylic acids is 1. The minimum absolute atomic E-state index is 0.0446. The van der Waals surface area contributed by atoms with Gasteiger partial charge in [-0.1, -0.05) is 36.4 Å². The molecule has 0 radical (unpaired) electrons. The molecule has 0 saturated heterocycles. The molecule has 1 aromatic heterocycles. The monoisotopic (exact) mass is 446 g/mol. The Bertz CT molecular complexity index is 1140. The fraction of sp³-hybridized carbons (Fsp3) is 0.280. The average Bonchev–Trinajstić information content (AvgIpc) is 3.14. The predicted octanol–water partition coefficient (Wildman–Crippen LogP) is 4.33. The SMILES string of the molecule is Cc1sc(CCN[C@H](c2ccccc2)[C@H]2CNc3cccc(C#N)c3N2)cc1CC(=O)O. The van der Waals surface area contributed by atoms with Crippen molar-refractivity contribution in [3.05, 3.63) is 81.0 Å². The molecule has 0 fully saturated rings. The van der Waals surface area contributed by atoms with E-state index >= 15 is 0 Å². The van der Waals surface area contributed by atoms with Crippen LogP contribution in [0.5, 0.6) is 0 Å². The molecule has 0 bridgehead atoms. The third kappa shape index (κ3) is 4.93. The predicted molar refractivity (Wildman–Crippen MR) is 128 cm³/mol. The van der Waals surface area contributed by atoms with Crippen molar-refractivity contribution in [3.8, 4) is 6.07 Å². The molecule has 32 heavy (non-hydrogen) atoms. The summed E-state index contributed by atoms with van der Waals surface area (Å²) < 4.78 is 0. The van der Waals surface area contributed by atoms with Crippen LogP contribution in [0.4, 0.5) is 11.4 Å². The highest BCUT2D eigenvalue weighted by atomic mass is 32.1. The summed E-state index contributed by atoms with van der Waals surface area (Å²) >= 11 is 1.67. The highest BCUT2D eigenvalue weighted by Gasteiger charge is 2.28. The number of nitrogens with zero attached hydrogens (tertiary/aromatic N) is 1. The molecule has 0 spiro atoms. The third-order valence-electron chi connectivity index (χ3n) is 5.74. The fourth-order valence-corrected chi connectivity index (χ4v) is 5.22. The van der Waals surface area contributed by atoms with E-state index in [0.29, 0.717) is 5.56 Å². The molecule has 1 aliphatic rings. The van der Waals surface area contributed by atoms with E-state index in [9.17, 15) is 10.1 Å². The average molecular weight is 447 g/mol. The van der Waals surface area contributed by atoms with Gasteiger partial charge in [0.25, 0.3) is 0 Å². The molecule has 6 nitrogen and oxygen atoms in total. The van der Waals surface area contributed by atoms with Crippen molar-refractivity contribution in [1.82, 2.24) is 5.32 Å². The van der Waals surface area contributed by atoms with Gasteiger partial charge in [0.1, 0.15) is 6.07 Å². The van der Waals surface area contributed by atoms with Gasteiger partial charge in [-0.15, -0.1) is 11.3 Å². The van der Waals surface area contributed by atoms with Crippen LogP contribution >= 0.6 is 11.3 Å². The van der Waals surface area contributed by atoms with Gasteiger partial charge in [0, 0.05) is 22.8 Å². The van der Waals surface area contributed by atoms with Crippen molar-refractivity contribution in [1.29, 1.82) is 5.26 Å². The molecule has 4 N–H and O–H groups in total. The molecule has 2 aromatic carbocycles. The van der Waals surface area contributed by atoms with E-state index in [0.717, 1.165) is 41.3 Å². The second kappa shape index (κ2) is 9.86. The first-order valence-electron chi connectivity index (χ1n) is 10.7. The second-order valence-corrected chi connectivity index (χ2v) is 9.27. The van der Waals surface area contributed by atoms with Crippen LogP contribution in [0.3, 0.4) is 0 Å². The molecule has 2 heterocycles. The molecule has 7 heteroatoms. The lowest BCUT2D eigenvalue weighted by Gasteiger charge is -2.35. The van der Waals surface area contributed by atoms with E-state index < -0.39 is 5.97 Å². The summed E-state index contributed by atoms with van der Waals surface area (Å²) in [6, 6.07) is 20.4. The van der Waals surface area contributed by atoms with Gasteiger partial charge in [-0.25, -0.2) is 0 Å². The molecule has 164 valence electrons. The maximum absolute atomic E-state index is 11.1. The number of rotatable bonds is 8. The number of nitriles is 1. The first-order chi connectivity index (χ1) is 15.5. The lowest BCUT2D eigenvalue weighted by Crippen LogP contribution is -2.44. The molecule has 0 unspecified atom stereocenters. The Morgan fingerprint density at radius 1 is 1.28 bits per heavy atom. The summed E-state index contributed by atoms with van der Waals surface area (Å²) in [5, 5.41) is 29.4. The Morgan fingerprint density at radius 3 is 2.84 bits per heavy atom. The van der Waals surface area contributed by atoms with E-state index in [1.165, 1.54) is 10.4 Å². The Hall–Kier alpha value is -3.34. The Labute approximate surface area is 191 Å². The zero-order valence-corrected chi connectivity index (χ0v) is 18.7. The number of hydrogen-bond donors (Lipinski definition) is 4. The van der Waals surface area contributed by atoms with Gasteiger partial charge in [-0.3, -0.25) is 4.79 Å². The van der Waals surface area contributed by atoms with Crippen LogP contribution in [0, 0.1) is 18.3 Å². The second-order valence-electron chi connectivity index (χ2n) is 7.93. The normalized spacial score (nSPS) is 15.7. The number of thiophene rings is 1. The van der Waals surface area contributed by atoms with E-state index in [1.807, 2.05) is 49.4 Å². The maximum Gasteiger partial charge on any atom is 0.307 e. The lowest BCUT2D eigenvalue weighted by molar-refractivity contribution is -0.136. The number of para-hydroxylation sites is 1. The smallest absolute Gasteiger partial charge is 0.307 e. The van der Waals surface area contributed by atoms with Crippen molar-refractivity contribution < 1.29 is 9.90 Å². The molecule has 4 rings (SSSR count). The van der Waals surface area contributed by atoms with Gasteiger partial charge in [-0.05, 0) is 42.7 Å². The van der Waals surface area contributed by atoms with Crippen molar-refractivity contribution in [2.24, 2.45) is 0 Å². The molecule has 0 aliphatic carbocycles. The van der Waals surface area contributed by atoms with Gasteiger partial charge in [0.2, 0.25) is 0 Å². The molecule has 2 atom stereocenters. The van der Waals surface area contributed by atoms with Crippen molar-refractivity contribution in [2.45, 2.75) is 31.8 Å². The first kappa shape index (κ1) is 21.9. The Balaban J connectivity index is 1.49. The topological polar surface area (TPSA) is 97.2 Å². The number of anilines is 2. The summed E-state index contributed by atoms with van der Waals surface area (Å²) in [6.07, 6.45) is 0.898. The number of aliphatic carboxylic acids is 1. The van der Waals surface area contributed by atoms with Crippen molar-refractivity contribution in [3.63, 3.8) is 0 Å². The van der Waals surface area contributed by atoms with Crippen LogP contribution in [0.1, 0.15) is 32.5 Å². The largest absolute Gasteiger partial charge is 0.481 e. The Kier molecular flexibility index (Phi) is 6.74. The van der Waals surface area contributed by atoms with Crippen LogP contribution in [0.25, 0.3) is 0 Å². The summed E-state index contributed by atoms with van der Waals surface area (Å²) in [6.45, 7) is 3.47. The summed E-state index contributed by atoms with van der Waals surface area (Å²) in [5.41, 5.74) is 4.51. The third-order valence-corrected chi connectivity index (χ3v) is 6.89. The van der Waals surface area contributed by atoms with Gasteiger partial charge in [0.05, 0.1) is 35.4 Å². The van der Waals surface area contributed by atoms with Crippen LogP contribution < -0.4 is 16.0 Å². The molecule has 3 aromatic rings. The number of carboxylic acid groups (broad SMARTS) is 1. The lowest BCUT2D eigenvalue weighted by atomic mass is 9.96. The van der Waals surface area contributed by atoms with Crippen LogP contribution in [-0.2, 0) is 17.6 Å². The number of hydrogen-bond acceptors (Lipinski definition) is 6. The summed E-state index contributed by atoms with van der Waals surface area (Å²) in [4.78, 5) is 13.3. The zero-order chi connectivity index (χ0) is 22.5. The summed E-state index contributed by atoms with van der Waals surface area (Å²) in [5.74, 6) is -0.799. The Morgan fingerprint density at radius 2 is 2.09 bits per heavy atom. The fourth-order valence-electron chi connectivity index (χ4n) is 4.16. The van der Waals surface area contributed by atoms with Gasteiger partial charge >= 0.3 is 5.97 Å². The van der Waals surface area contributed by atoms with Crippen LogP contribution in [0.15, 0.2) is 54.6 Å². The number of benzene rings is 2. The van der Waals surface area contributed by atoms with E-state index in [1.54, 1.807) is 11.3 Å².